The van der Waals surface area contributed by atoms with Crippen LogP contribution in [-0.2, 0) is 17.2 Å². The molecule has 1 unspecified atom stereocenters. The van der Waals surface area contributed by atoms with Crippen molar-refractivity contribution in [3.63, 3.8) is 0 Å². The zero-order valence-corrected chi connectivity index (χ0v) is 19.1. The molecule has 0 aliphatic rings. The Morgan fingerprint density at radius 1 is 1.20 bits per heavy atom. The highest BCUT2D eigenvalue weighted by atomic mass is 127. The van der Waals surface area contributed by atoms with Crippen LogP contribution in [0.25, 0.3) is 0 Å². The quantitative estimate of drug-likeness (QED) is 0.341. The summed E-state index contributed by atoms with van der Waals surface area (Å²) in [5, 5.41) is 6.54. The van der Waals surface area contributed by atoms with Crippen molar-refractivity contribution in [3.8, 4) is 5.75 Å². The van der Waals surface area contributed by atoms with Gasteiger partial charge in [0.25, 0.3) is 0 Å². The number of aliphatic imine (C=N–C) groups is 1. The monoisotopic (exact) mass is 481 g/mol. The van der Waals surface area contributed by atoms with E-state index in [1.807, 2.05) is 39.8 Å². The number of hydrogen-bond donors (Lipinski definition) is 2. The predicted octanol–water partition coefficient (Wildman–Crippen LogP) is 2.96. The van der Waals surface area contributed by atoms with Crippen molar-refractivity contribution in [1.29, 1.82) is 0 Å². The molecular formula is C18H32IN3O2S. The van der Waals surface area contributed by atoms with Gasteiger partial charge in [0.05, 0.1) is 13.7 Å². The van der Waals surface area contributed by atoms with Gasteiger partial charge in [0.1, 0.15) is 5.75 Å². The lowest BCUT2D eigenvalue weighted by molar-refractivity contribution is 0.414. The molecule has 0 spiro atoms. The Morgan fingerprint density at radius 2 is 1.84 bits per heavy atom. The van der Waals surface area contributed by atoms with Crippen LogP contribution in [0.2, 0.25) is 0 Å². The van der Waals surface area contributed by atoms with Gasteiger partial charge in [-0.2, -0.15) is 0 Å². The summed E-state index contributed by atoms with van der Waals surface area (Å²) < 4.78 is 17.0. The Balaban J connectivity index is 0.00000576. The lowest BCUT2D eigenvalue weighted by Crippen LogP contribution is -2.38. The second-order valence-corrected chi connectivity index (χ2v) is 8.77. The molecule has 5 nitrogen and oxygen atoms in total. The first kappa shape index (κ1) is 24.2. The summed E-state index contributed by atoms with van der Waals surface area (Å²) >= 11 is 0. The molecule has 7 heteroatoms. The SMILES string of the molecule is CCNC(=NCCS(=O)C(C)(C)C)NCCc1ccc(OC)cc1.I. The summed E-state index contributed by atoms with van der Waals surface area (Å²) in [6.07, 6.45) is 0.905. The van der Waals surface area contributed by atoms with Crippen LogP contribution in [0, 0.1) is 0 Å². The van der Waals surface area contributed by atoms with E-state index in [-0.39, 0.29) is 28.7 Å². The Bertz CT molecular complexity index is 542. The van der Waals surface area contributed by atoms with Gasteiger partial charge in [-0.3, -0.25) is 9.20 Å². The molecule has 0 aromatic heterocycles. The van der Waals surface area contributed by atoms with Crippen molar-refractivity contribution < 1.29 is 8.95 Å². The molecule has 1 atom stereocenters. The van der Waals surface area contributed by atoms with E-state index in [2.05, 4.69) is 27.8 Å². The molecule has 1 rings (SSSR count). The van der Waals surface area contributed by atoms with E-state index in [9.17, 15) is 4.21 Å². The number of rotatable bonds is 8. The minimum Gasteiger partial charge on any atom is -0.497 e. The molecule has 0 aliphatic carbocycles. The van der Waals surface area contributed by atoms with E-state index < -0.39 is 10.8 Å². The van der Waals surface area contributed by atoms with E-state index in [4.69, 9.17) is 4.74 Å². The molecule has 0 amide bonds. The number of halogens is 1. The summed E-state index contributed by atoms with van der Waals surface area (Å²) in [6.45, 7) is 10.2. The molecule has 0 saturated carbocycles. The number of guanidine groups is 1. The Labute approximate surface area is 171 Å². The van der Waals surface area contributed by atoms with E-state index in [1.165, 1.54) is 5.56 Å². The third-order valence-electron chi connectivity index (χ3n) is 3.44. The molecule has 0 fully saturated rings. The fourth-order valence-electron chi connectivity index (χ4n) is 2.01. The molecular weight excluding hydrogens is 449 g/mol. The number of benzene rings is 1. The molecule has 0 saturated heterocycles. The van der Waals surface area contributed by atoms with Gasteiger partial charge in [0.15, 0.2) is 5.96 Å². The van der Waals surface area contributed by atoms with Gasteiger partial charge >= 0.3 is 0 Å². The minimum absolute atomic E-state index is 0. The average molecular weight is 481 g/mol. The minimum atomic E-state index is -0.871. The third kappa shape index (κ3) is 10.0. The van der Waals surface area contributed by atoms with Gasteiger partial charge in [-0.05, 0) is 51.8 Å². The first-order valence-electron chi connectivity index (χ1n) is 8.40. The van der Waals surface area contributed by atoms with E-state index in [1.54, 1.807) is 7.11 Å². The first-order chi connectivity index (χ1) is 11.4. The molecule has 0 radical (unpaired) electrons. The van der Waals surface area contributed by atoms with Crippen molar-refractivity contribution in [2.45, 2.75) is 38.9 Å². The molecule has 1 aromatic carbocycles. The van der Waals surface area contributed by atoms with Crippen LogP contribution in [-0.4, -0.2) is 47.4 Å². The third-order valence-corrected chi connectivity index (χ3v) is 5.36. The summed E-state index contributed by atoms with van der Waals surface area (Å²) in [5.41, 5.74) is 1.24. The Morgan fingerprint density at radius 3 is 2.36 bits per heavy atom. The van der Waals surface area contributed by atoms with Crippen LogP contribution in [0.4, 0.5) is 0 Å². The highest BCUT2D eigenvalue weighted by Crippen LogP contribution is 2.11. The number of nitrogens with one attached hydrogen (secondary N) is 2. The van der Waals surface area contributed by atoms with Crippen molar-refractivity contribution in [2.75, 3.05) is 32.5 Å². The maximum atomic E-state index is 12.0. The average Bonchev–Trinajstić information content (AvgIpc) is 2.54. The maximum absolute atomic E-state index is 12.0. The van der Waals surface area contributed by atoms with Crippen molar-refractivity contribution in [2.24, 2.45) is 4.99 Å². The van der Waals surface area contributed by atoms with Crippen molar-refractivity contribution >= 4 is 40.7 Å². The van der Waals surface area contributed by atoms with Gasteiger partial charge in [0, 0.05) is 34.4 Å². The smallest absolute Gasteiger partial charge is 0.191 e. The predicted molar refractivity (Wildman–Crippen MR) is 119 cm³/mol. The van der Waals surface area contributed by atoms with Gasteiger partial charge in [-0.15, -0.1) is 24.0 Å². The van der Waals surface area contributed by atoms with Crippen LogP contribution in [0.5, 0.6) is 5.75 Å². The molecule has 0 heterocycles. The van der Waals surface area contributed by atoms with Crippen LogP contribution in [0.15, 0.2) is 29.3 Å². The number of ether oxygens (including phenoxy) is 1. The summed E-state index contributed by atoms with van der Waals surface area (Å²) in [4.78, 5) is 4.51. The molecule has 0 aliphatic heterocycles. The van der Waals surface area contributed by atoms with Crippen molar-refractivity contribution in [3.05, 3.63) is 29.8 Å². The normalized spacial score (nSPS) is 12.9. The summed E-state index contributed by atoms with van der Waals surface area (Å²) in [5.74, 6) is 2.23. The zero-order chi connectivity index (χ0) is 18.0. The summed E-state index contributed by atoms with van der Waals surface area (Å²) in [7, 11) is 0.798. The lowest BCUT2D eigenvalue weighted by atomic mass is 10.1. The number of methoxy groups -OCH3 is 1. The Hall–Kier alpha value is -0.830. The van der Waals surface area contributed by atoms with Crippen LogP contribution in [0.1, 0.15) is 33.3 Å². The molecule has 144 valence electrons. The van der Waals surface area contributed by atoms with E-state index in [0.717, 1.165) is 31.2 Å². The number of nitrogens with zero attached hydrogens (tertiary/aromatic N) is 1. The van der Waals surface area contributed by atoms with Gasteiger partial charge < -0.3 is 15.4 Å². The lowest BCUT2D eigenvalue weighted by Gasteiger charge is -2.17. The van der Waals surface area contributed by atoms with E-state index in [0.29, 0.717) is 12.3 Å². The largest absolute Gasteiger partial charge is 0.497 e. The first-order valence-corrected chi connectivity index (χ1v) is 9.72. The fourth-order valence-corrected chi connectivity index (χ4v) is 2.88. The number of hydrogen-bond acceptors (Lipinski definition) is 3. The second-order valence-electron chi connectivity index (χ2n) is 6.45. The standard InChI is InChI=1S/C18H31N3O2S.HI/c1-6-19-17(21-13-14-24(22)18(2,3)4)20-12-11-15-7-9-16(23-5)10-8-15;/h7-10H,6,11-14H2,1-5H3,(H2,19,20,21);1H. The topological polar surface area (TPSA) is 62.7 Å². The molecule has 0 bridgehead atoms. The molecule has 1 aromatic rings. The van der Waals surface area contributed by atoms with Crippen LogP contribution >= 0.6 is 24.0 Å². The molecule has 2 N–H and O–H groups in total. The van der Waals surface area contributed by atoms with Crippen LogP contribution in [0.3, 0.4) is 0 Å². The second kappa shape index (κ2) is 12.5. The summed E-state index contributed by atoms with van der Waals surface area (Å²) in [6, 6.07) is 8.07. The Kier molecular flexibility index (Phi) is 12.1. The highest BCUT2D eigenvalue weighted by molar-refractivity contribution is 14.0. The van der Waals surface area contributed by atoms with Gasteiger partial charge in [-0.25, -0.2) is 0 Å². The fraction of sp³-hybridized carbons (Fsp3) is 0.611. The van der Waals surface area contributed by atoms with Crippen molar-refractivity contribution in [1.82, 2.24) is 10.6 Å². The van der Waals surface area contributed by atoms with Gasteiger partial charge in [0.2, 0.25) is 0 Å². The molecule has 25 heavy (non-hydrogen) atoms. The van der Waals surface area contributed by atoms with E-state index >= 15 is 0 Å². The van der Waals surface area contributed by atoms with Crippen LogP contribution < -0.4 is 15.4 Å². The highest BCUT2D eigenvalue weighted by Gasteiger charge is 2.18. The van der Waals surface area contributed by atoms with Gasteiger partial charge in [-0.1, -0.05) is 12.1 Å². The maximum Gasteiger partial charge on any atom is 0.191 e. The zero-order valence-electron chi connectivity index (χ0n) is 15.9.